The molecule has 1 amide bonds. The van der Waals surface area contributed by atoms with Crippen molar-refractivity contribution in [1.29, 1.82) is 5.26 Å². The van der Waals surface area contributed by atoms with E-state index in [0.717, 1.165) is 0 Å². The summed E-state index contributed by atoms with van der Waals surface area (Å²) in [6.45, 7) is 0.285. The normalized spacial score (nSPS) is 14.6. The minimum absolute atomic E-state index is 0.00432. The molecule has 9 heteroatoms. The molecule has 1 aliphatic carbocycles. The van der Waals surface area contributed by atoms with E-state index in [4.69, 9.17) is 5.26 Å². The van der Waals surface area contributed by atoms with Crippen LogP contribution >= 0.6 is 0 Å². The Morgan fingerprint density at radius 1 is 1.12 bits per heavy atom. The van der Waals surface area contributed by atoms with Crippen molar-refractivity contribution in [2.75, 3.05) is 5.32 Å². The Bertz CT molecular complexity index is 1190. The molecule has 0 aliphatic heterocycles. The maximum atomic E-state index is 13.4. The first kappa shape index (κ1) is 21.6. The van der Waals surface area contributed by atoms with Crippen LogP contribution < -0.4 is 5.32 Å². The summed E-state index contributed by atoms with van der Waals surface area (Å²) in [5.41, 5.74) is -0.292. The van der Waals surface area contributed by atoms with Crippen molar-refractivity contribution in [3.05, 3.63) is 82.8 Å². The van der Waals surface area contributed by atoms with E-state index in [1.807, 2.05) is 0 Å². The van der Waals surface area contributed by atoms with Crippen LogP contribution in [0.2, 0.25) is 0 Å². The number of aromatic nitrogens is 2. The predicted octanol–water partition coefficient (Wildman–Crippen LogP) is 4.72. The number of hydrogen-bond donors (Lipinski definition) is 1. The molecule has 32 heavy (non-hydrogen) atoms. The number of nitrogens with zero attached hydrogens (tertiary/aromatic N) is 3. The lowest BCUT2D eigenvalue weighted by Crippen LogP contribution is -2.28. The molecule has 0 atom stereocenters. The maximum Gasteiger partial charge on any atom is 0.398 e. The summed E-state index contributed by atoms with van der Waals surface area (Å²) in [5, 5.41) is 15.8. The van der Waals surface area contributed by atoms with E-state index in [1.54, 1.807) is 36.5 Å². The van der Waals surface area contributed by atoms with Gasteiger partial charge in [-0.05, 0) is 41.7 Å². The number of hydrogen-bond acceptors (Lipinski definition) is 3. The SMILES string of the molecule is N#Cc1cc(Cn2ccc(NC(=O)Cc3ccc(C4(C(F)(F)F)CC4)cc3)n2)ccc1F. The molecular weight excluding hydrogens is 424 g/mol. The van der Waals surface area contributed by atoms with Crippen LogP contribution in [0.3, 0.4) is 0 Å². The highest BCUT2D eigenvalue weighted by atomic mass is 19.4. The average molecular weight is 442 g/mol. The Kier molecular flexibility index (Phi) is 5.46. The number of benzene rings is 2. The van der Waals surface area contributed by atoms with E-state index >= 15 is 0 Å². The Morgan fingerprint density at radius 3 is 2.44 bits per heavy atom. The second-order valence-corrected chi connectivity index (χ2v) is 7.83. The molecule has 3 aromatic rings. The molecule has 0 spiro atoms. The van der Waals surface area contributed by atoms with Gasteiger partial charge in [0.2, 0.25) is 5.91 Å². The standard InChI is InChI=1S/C23H18F4N4O/c24-19-6-3-16(11-17(19)13-28)14-31-10-7-20(30-31)29-21(32)12-15-1-4-18(5-2-15)22(8-9-22)23(25,26)27/h1-7,10-11H,8-9,12,14H2,(H,29,30,32). The van der Waals surface area contributed by atoms with Crippen molar-refractivity contribution in [1.82, 2.24) is 9.78 Å². The third-order valence-corrected chi connectivity index (χ3v) is 5.57. The highest BCUT2D eigenvalue weighted by Gasteiger charge is 2.64. The number of carbonyl (C=O) groups excluding carboxylic acids is 1. The largest absolute Gasteiger partial charge is 0.398 e. The van der Waals surface area contributed by atoms with Gasteiger partial charge in [-0.3, -0.25) is 9.48 Å². The third-order valence-electron chi connectivity index (χ3n) is 5.57. The highest BCUT2D eigenvalue weighted by Crippen LogP contribution is 2.58. The second kappa shape index (κ2) is 8.11. The van der Waals surface area contributed by atoms with Crippen molar-refractivity contribution in [2.45, 2.75) is 37.4 Å². The predicted molar refractivity (Wildman–Crippen MR) is 108 cm³/mol. The van der Waals surface area contributed by atoms with Gasteiger partial charge in [-0.15, -0.1) is 0 Å². The zero-order valence-corrected chi connectivity index (χ0v) is 16.8. The van der Waals surface area contributed by atoms with Gasteiger partial charge in [0.15, 0.2) is 5.82 Å². The van der Waals surface area contributed by atoms with Gasteiger partial charge >= 0.3 is 6.18 Å². The van der Waals surface area contributed by atoms with Crippen LogP contribution in [0.1, 0.15) is 35.1 Å². The summed E-state index contributed by atoms with van der Waals surface area (Å²) in [5.74, 6) is -0.639. The fourth-order valence-corrected chi connectivity index (χ4v) is 3.63. The van der Waals surface area contributed by atoms with Crippen LogP contribution in [0.5, 0.6) is 0 Å². The zero-order chi connectivity index (χ0) is 22.9. The van der Waals surface area contributed by atoms with Crippen molar-refractivity contribution in [3.63, 3.8) is 0 Å². The fraction of sp³-hybridized carbons (Fsp3) is 0.261. The van der Waals surface area contributed by atoms with Crippen LogP contribution in [0.4, 0.5) is 23.4 Å². The van der Waals surface area contributed by atoms with Crippen LogP contribution in [-0.4, -0.2) is 21.9 Å². The number of carbonyl (C=O) groups is 1. The molecule has 5 nitrogen and oxygen atoms in total. The molecule has 1 saturated carbocycles. The minimum Gasteiger partial charge on any atom is -0.309 e. The van der Waals surface area contributed by atoms with Gasteiger partial charge in [0.25, 0.3) is 0 Å². The van der Waals surface area contributed by atoms with Crippen LogP contribution in [0, 0.1) is 17.1 Å². The summed E-state index contributed by atoms with van der Waals surface area (Å²) >= 11 is 0. The average Bonchev–Trinajstić information content (AvgIpc) is 3.46. The summed E-state index contributed by atoms with van der Waals surface area (Å²) in [4.78, 5) is 12.3. The molecule has 164 valence electrons. The Hall–Kier alpha value is -3.67. The van der Waals surface area contributed by atoms with Crippen LogP contribution in [0.15, 0.2) is 54.7 Å². The Labute approximate surface area is 181 Å². The first-order valence-electron chi connectivity index (χ1n) is 9.88. The number of halogens is 4. The van der Waals surface area contributed by atoms with E-state index in [2.05, 4.69) is 10.4 Å². The second-order valence-electron chi connectivity index (χ2n) is 7.83. The molecule has 0 saturated heterocycles. The molecule has 1 aromatic heterocycles. The smallest absolute Gasteiger partial charge is 0.309 e. The van der Waals surface area contributed by atoms with Gasteiger partial charge < -0.3 is 5.32 Å². The highest BCUT2D eigenvalue weighted by molar-refractivity contribution is 5.91. The zero-order valence-electron chi connectivity index (χ0n) is 16.8. The van der Waals surface area contributed by atoms with Gasteiger partial charge in [0.05, 0.1) is 23.9 Å². The van der Waals surface area contributed by atoms with Gasteiger partial charge in [-0.25, -0.2) is 4.39 Å². The van der Waals surface area contributed by atoms with Crippen molar-refractivity contribution in [2.24, 2.45) is 0 Å². The summed E-state index contributed by atoms with van der Waals surface area (Å²) in [6.07, 6.45) is -2.46. The maximum absolute atomic E-state index is 13.4. The molecule has 2 aromatic carbocycles. The number of nitrogens with one attached hydrogen (secondary N) is 1. The summed E-state index contributed by atoms with van der Waals surface area (Å²) in [7, 11) is 0. The number of anilines is 1. The Morgan fingerprint density at radius 2 is 1.81 bits per heavy atom. The van der Waals surface area contributed by atoms with E-state index in [-0.39, 0.29) is 42.8 Å². The molecule has 4 rings (SSSR count). The molecule has 0 unspecified atom stereocenters. The summed E-state index contributed by atoms with van der Waals surface area (Å²) < 4.78 is 54.6. The van der Waals surface area contributed by atoms with Crippen molar-refractivity contribution in [3.8, 4) is 6.07 Å². The van der Waals surface area contributed by atoms with Gasteiger partial charge in [0, 0.05) is 12.3 Å². The first-order chi connectivity index (χ1) is 15.2. The number of nitriles is 1. The molecular formula is C23H18F4N4O. The van der Waals surface area contributed by atoms with E-state index < -0.39 is 17.4 Å². The van der Waals surface area contributed by atoms with E-state index in [1.165, 1.54) is 28.9 Å². The topological polar surface area (TPSA) is 70.7 Å². The third kappa shape index (κ3) is 4.35. The molecule has 0 bridgehead atoms. The minimum atomic E-state index is -4.27. The molecule has 1 aliphatic rings. The number of amides is 1. The molecule has 0 radical (unpaired) electrons. The fourth-order valence-electron chi connectivity index (χ4n) is 3.63. The Balaban J connectivity index is 1.35. The lowest BCUT2D eigenvalue weighted by molar-refractivity contribution is -0.160. The van der Waals surface area contributed by atoms with Gasteiger partial charge in [-0.2, -0.15) is 23.5 Å². The molecule has 1 fully saturated rings. The lowest BCUT2D eigenvalue weighted by atomic mass is 9.94. The van der Waals surface area contributed by atoms with Crippen LogP contribution in [-0.2, 0) is 23.2 Å². The van der Waals surface area contributed by atoms with Crippen LogP contribution in [0.25, 0.3) is 0 Å². The van der Waals surface area contributed by atoms with E-state index in [9.17, 15) is 22.4 Å². The number of rotatable bonds is 6. The van der Waals surface area contributed by atoms with Gasteiger partial charge in [0.1, 0.15) is 11.9 Å². The van der Waals surface area contributed by atoms with Gasteiger partial charge in [-0.1, -0.05) is 30.3 Å². The monoisotopic (exact) mass is 442 g/mol. The van der Waals surface area contributed by atoms with Crippen molar-refractivity contribution >= 4 is 11.7 Å². The first-order valence-corrected chi connectivity index (χ1v) is 9.88. The summed E-state index contributed by atoms with van der Waals surface area (Å²) in [6, 6.07) is 13.5. The molecule has 1 heterocycles. The van der Waals surface area contributed by atoms with E-state index in [0.29, 0.717) is 16.9 Å². The lowest BCUT2D eigenvalue weighted by Gasteiger charge is -2.19. The van der Waals surface area contributed by atoms with Crippen molar-refractivity contribution < 1.29 is 22.4 Å². The molecule has 1 N–H and O–H groups in total. The quantitative estimate of drug-likeness (QED) is 0.562. The number of alkyl halides is 3.